The van der Waals surface area contributed by atoms with E-state index in [1.165, 1.54) is 11.1 Å². The van der Waals surface area contributed by atoms with Gasteiger partial charge in [-0.3, -0.25) is 0 Å². The molecule has 1 heteroatoms. The van der Waals surface area contributed by atoms with Crippen LogP contribution in [0.2, 0.25) is 0 Å². The van der Waals surface area contributed by atoms with Gasteiger partial charge >= 0.3 is 0 Å². The number of aryl methyl sites for hydroxylation is 1. The van der Waals surface area contributed by atoms with E-state index in [-0.39, 0.29) is 0 Å². The van der Waals surface area contributed by atoms with Crippen molar-refractivity contribution in [2.24, 2.45) is 0 Å². The molecule has 86 valence electrons. The van der Waals surface area contributed by atoms with Gasteiger partial charge in [-0.2, -0.15) is 0 Å². The number of phenolic OH excluding ortho intramolecular Hbond substituents is 1. The van der Waals surface area contributed by atoms with Gasteiger partial charge in [0.15, 0.2) is 0 Å². The minimum absolute atomic E-state index is 0.315. The average Bonchev–Trinajstić information content (AvgIpc) is 2.39. The van der Waals surface area contributed by atoms with Crippen LogP contribution in [0.25, 0.3) is 5.57 Å². The standard InChI is InChI=1S/C16H16O/c1-13(15-5-3-2-4-6-15)7-8-14-9-11-16(17)12-10-14/h2-6,9-12,17H,1,7-8H2. The molecule has 0 aliphatic heterocycles. The van der Waals surface area contributed by atoms with Crippen molar-refractivity contribution >= 4 is 5.57 Å². The number of aromatic hydroxyl groups is 1. The second kappa shape index (κ2) is 5.35. The molecule has 2 aromatic carbocycles. The van der Waals surface area contributed by atoms with Crippen LogP contribution < -0.4 is 0 Å². The maximum atomic E-state index is 9.19. The van der Waals surface area contributed by atoms with Gasteiger partial charge in [-0.05, 0) is 41.7 Å². The molecular formula is C16H16O. The van der Waals surface area contributed by atoms with Gasteiger partial charge in [0.1, 0.15) is 5.75 Å². The van der Waals surface area contributed by atoms with Crippen LogP contribution in [0.15, 0.2) is 61.2 Å². The predicted molar refractivity (Wildman–Crippen MR) is 71.9 cm³/mol. The Bertz CT molecular complexity index is 483. The van der Waals surface area contributed by atoms with E-state index in [9.17, 15) is 5.11 Å². The lowest BCUT2D eigenvalue weighted by molar-refractivity contribution is 0.475. The van der Waals surface area contributed by atoms with Gasteiger partial charge in [0.05, 0.1) is 0 Å². The fraction of sp³-hybridized carbons (Fsp3) is 0.125. The predicted octanol–water partition coefficient (Wildman–Crippen LogP) is 4.04. The van der Waals surface area contributed by atoms with E-state index >= 15 is 0 Å². The minimum atomic E-state index is 0.315. The Morgan fingerprint density at radius 2 is 1.59 bits per heavy atom. The summed E-state index contributed by atoms with van der Waals surface area (Å²) in [6.07, 6.45) is 1.89. The van der Waals surface area contributed by atoms with Crippen molar-refractivity contribution in [3.63, 3.8) is 0 Å². The molecule has 0 amide bonds. The van der Waals surface area contributed by atoms with E-state index in [0.717, 1.165) is 18.4 Å². The highest BCUT2D eigenvalue weighted by Gasteiger charge is 1.99. The number of rotatable bonds is 4. The molecule has 0 aliphatic rings. The first-order valence-corrected chi connectivity index (χ1v) is 5.77. The summed E-state index contributed by atoms with van der Waals surface area (Å²) in [5, 5.41) is 9.19. The summed E-state index contributed by atoms with van der Waals surface area (Å²) in [4.78, 5) is 0. The van der Waals surface area contributed by atoms with E-state index in [1.54, 1.807) is 12.1 Å². The van der Waals surface area contributed by atoms with Gasteiger partial charge in [-0.1, -0.05) is 49.0 Å². The van der Waals surface area contributed by atoms with Gasteiger partial charge < -0.3 is 5.11 Å². The van der Waals surface area contributed by atoms with Crippen molar-refractivity contribution in [3.05, 3.63) is 72.3 Å². The van der Waals surface area contributed by atoms with Crippen LogP contribution in [-0.4, -0.2) is 5.11 Å². The van der Waals surface area contributed by atoms with Crippen molar-refractivity contribution in [2.45, 2.75) is 12.8 Å². The van der Waals surface area contributed by atoms with Gasteiger partial charge in [0.25, 0.3) is 0 Å². The van der Waals surface area contributed by atoms with Crippen LogP contribution in [0.5, 0.6) is 5.75 Å². The first kappa shape index (κ1) is 11.5. The Morgan fingerprint density at radius 1 is 0.941 bits per heavy atom. The zero-order valence-corrected chi connectivity index (χ0v) is 9.76. The monoisotopic (exact) mass is 224 g/mol. The van der Waals surface area contributed by atoms with Gasteiger partial charge in [-0.15, -0.1) is 0 Å². The average molecular weight is 224 g/mol. The molecule has 0 fully saturated rings. The summed E-state index contributed by atoms with van der Waals surface area (Å²) in [7, 11) is 0. The molecule has 0 bridgehead atoms. The van der Waals surface area contributed by atoms with E-state index in [4.69, 9.17) is 0 Å². The van der Waals surface area contributed by atoms with Crippen LogP contribution in [0, 0.1) is 0 Å². The quantitative estimate of drug-likeness (QED) is 0.831. The molecule has 0 saturated carbocycles. The normalized spacial score (nSPS) is 10.1. The molecule has 0 atom stereocenters. The summed E-state index contributed by atoms with van der Waals surface area (Å²) >= 11 is 0. The summed E-state index contributed by atoms with van der Waals surface area (Å²) in [5.74, 6) is 0.315. The topological polar surface area (TPSA) is 20.2 Å². The Balaban J connectivity index is 1.95. The second-order valence-corrected chi connectivity index (χ2v) is 4.14. The molecule has 2 rings (SSSR count). The molecule has 1 nitrogen and oxygen atoms in total. The molecule has 0 unspecified atom stereocenters. The third-order valence-corrected chi connectivity index (χ3v) is 2.83. The van der Waals surface area contributed by atoms with Crippen molar-refractivity contribution in [1.29, 1.82) is 0 Å². The van der Waals surface area contributed by atoms with Crippen molar-refractivity contribution in [1.82, 2.24) is 0 Å². The molecular weight excluding hydrogens is 208 g/mol. The Hall–Kier alpha value is -2.02. The zero-order chi connectivity index (χ0) is 12.1. The first-order chi connectivity index (χ1) is 8.25. The van der Waals surface area contributed by atoms with E-state index in [2.05, 4.69) is 18.7 Å². The largest absolute Gasteiger partial charge is 0.508 e. The highest BCUT2D eigenvalue weighted by Crippen LogP contribution is 2.19. The van der Waals surface area contributed by atoms with E-state index in [0.29, 0.717) is 5.75 Å². The molecule has 0 aliphatic carbocycles. The third kappa shape index (κ3) is 3.22. The Morgan fingerprint density at radius 3 is 2.24 bits per heavy atom. The highest BCUT2D eigenvalue weighted by atomic mass is 16.3. The number of hydrogen-bond acceptors (Lipinski definition) is 1. The maximum absolute atomic E-state index is 9.19. The van der Waals surface area contributed by atoms with Gasteiger partial charge in [-0.25, -0.2) is 0 Å². The maximum Gasteiger partial charge on any atom is 0.115 e. The Labute approximate surface area is 102 Å². The summed E-state index contributed by atoms with van der Waals surface area (Å²) in [6, 6.07) is 17.6. The van der Waals surface area contributed by atoms with E-state index in [1.807, 2.05) is 30.3 Å². The van der Waals surface area contributed by atoms with Crippen LogP contribution in [0.1, 0.15) is 17.5 Å². The van der Waals surface area contributed by atoms with Crippen LogP contribution in [0.4, 0.5) is 0 Å². The SMILES string of the molecule is C=C(CCc1ccc(O)cc1)c1ccccc1. The van der Waals surface area contributed by atoms with Crippen LogP contribution >= 0.6 is 0 Å². The minimum Gasteiger partial charge on any atom is -0.508 e. The Kier molecular flexibility index (Phi) is 3.61. The molecule has 0 saturated heterocycles. The lowest BCUT2D eigenvalue weighted by atomic mass is 10.00. The van der Waals surface area contributed by atoms with Crippen LogP contribution in [0.3, 0.4) is 0 Å². The first-order valence-electron chi connectivity index (χ1n) is 5.77. The van der Waals surface area contributed by atoms with Crippen LogP contribution in [-0.2, 0) is 6.42 Å². The number of phenols is 1. The fourth-order valence-corrected chi connectivity index (χ4v) is 1.78. The molecule has 17 heavy (non-hydrogen) atoms. The molecule has 1 N–H and O–H groups in total. The highest BCUT2D eigenvalue weighted by molar-refractivity contribution is 5.63. The third-order valence-electron chi connectivity index (χ3n) is 2.83. The lowest BCUT2D eigenvalue weighted by Gasteiger charge is -2.06. The molecule has 0 aromatic heterocycles. The number of hydrogen-bond donors (Lipinski definition) is 1. The van der Waals surface area contributed by atoms with Crippen molar-refractivity contribution in [3.8, 4) is 5.75 Å². The molecule has 0 radical (unpaired) electrons. The summed E-state index contributed by atoms with van der Waals surface area (Å²) in [5.41, 5.74) is 3.57. The second-order valence-electron chi connectivity index (χ2n) is 4.14. The molecule has 0 heterocycles. The molecule has 0 spiro atoms. The summed E-state index contributed by atoms with van der Waals surface area (Å²) < 4.78 is 0. The van der Waals surface area contributed by atoms with Gasteiger partial charge in [0, 0.05) is 0 Å². The smallest absolute Gasteiger partial charge is 0.115 e. The summed E-state index contributed by atoms with van der Waals surface area (Å²) in [6.45, 7) is 4.11. The number of benzene rings is 2. The van der Waals surface area contributed by atoms with E-state index < -0.39 is 0 Å². The zero-order valence-electron chi connectivity index (χ0n) is 9.76. The lowest BCUT2D eigenvalue weighted by Crippen LogP contribution is -1.88. The fourth-order valence-electron chi connectivity index (χ4n) is 1.78. The van der Waals surface area contributed by atoms with Crippen molar-refractivity contribution < 1.29 is 5.11 Å². The van der Waals surface area contributed by atoms with Gasteiger partial charge in [0.2, 0.25) is 0 Å². The number of allylic oxidation sites excluding steroid dienone is 1. The van der Waals surface area contributed by atoms with Crippen molar-refractivity contribution in [2.75, 3.05) is 0 Å². The molecule has 2 aromatic rings.